The zero-order valence-corrected chi connectivity index (χ0v) is 10.2. The molecule has 1 amide bonds. The molecule has 1 aliphatic heterocycles. The Labute approximate surface area is 109 Å². The van der Waals surface area contributed by atoms with Gasteiger partial charge in [0.2, 0.25) is 0 Å². The van der Waals surface area contributed by atoms with E-state index in [1.807, 2.05) is 12.1 Å². The van der Waals surface area contributed by atoms with Crippen molar-refractivity contribution < 1.29 is 14.7 Å². The Kier molecular flexibility index (Phi) is 2.70. The molecule has 0 aliphatic carbocycles. The van der Waals surface area contributed by atoms with Crippen LogP contribution in [0.3, 0.4) is 0 Å². The molecule has 3 heterocycles. The van der Waals surface area contributed by atoms with Crippen molar-refractivity contribution in [1.29, 1.82) is 0 Å². The number of amides is 1. The number of hydrogen-bond donors (Lipinski definition) is 2. The van der Waals surface area contributed by atoms with Crippen LogP contribution in [0.2, 0.25) is 0 Å². The van der Waals surface area contributed by atoms with Gasteiger partial charge in [-0.15, -0.1) is 0 Å². The van der Waals surface area contributed by atoms with Crippen molar-refractivity contribution in [2.75, 3.05) is 13.1 Å². The molecule has 0 radical (unpaired) electrons. The van der Waals surface area contributed by atoms with Crippen LogP contribution in [-0.4, -0.2) is 44.9 Å². The summed E-state index contributed by atoms with van der Waals surface area (Å²) >= 11 is 0. The average molecular weight is 259 g/mol. The SMILES string of the molecule is O=C(O)C1CCN(C(=O)c2ccc3cc[nH]c3n2)C1. The standard InChI is InChI=1S/C13H13N3O3/c17-12(16-6-4-9(7-16)13(18)19)10-2-1-8-3-5-14-11(8)15-10/h1-3,5,9H,4,6-7H2,(H,14,15)(H,18,19). The molecule has 1 saturated heterocycles. The van der Waals surface area contributed by atoms with E-state index >= 15 is 0 Å². The number of fused-ring (bicyclic) bond motifs is 1. The van der Waals surface area contributed by atoms with Crippen LogP contribution in [0.15, 0.2) is 24.4 Å². The number of H-pyrrole nitrogens is 1. The van der Waals surface area contributed by atoms with Crippen molar-refractivity contribution in [3.63, 3.8) is 0 Å². The van der Waals surface area contributed by atoms with E-state index in [-0.39, 0.29) is 12.5 Å². The van der Waals surface area contributed by atoms with Gasteiger partial charge in [0.1, 0.15) is 11.3 Å². The van der Waals surface area contributed by atoms with Gasteiger partial charge in [-0.05, 0) is 24.6 Å². The predicted octanol–water partition coefficient (Wildman–Crippen LogP) is 1.11. The number of nitrogens with zero attached hydrogens (tertiary/aromatic N) is 2. The zero-order chi connectivity index (χ0) is 13.4. The Balaban J connectivity index is 1.82. The zero-order valence-electron chi connectivity index (χ0n) is 10.2. The Hall–Kier alpha value is -2.37. The molecule has 2 N–H and O–H groups in total. The molecule has 0 saturated carbocycles. The monoisotopic (exact) mass is 259 g/mol. The van der Waals surface area contributed by atoms with E-state index < -0.39 is 11.9 Å². The molecule has 19 heavy (non-hydrogen) atoms. The Morgan fingerprint density at radius 3 is 2.95 bits per heavy atom. The summed E-state index contributed by atoms with van der Waals surface area (Å²) < 4.78 is 0. The highest BCUT2D eigenvalue weighted by molar-refractivity contribution is 5.95. The van der Waals surface area contributed by atoms with Crippen molar-refractivity contribution in [2.24, 2.45) is 5.92 Å². The van der Waals surface area contributed by atoms with Crippen LogP contribution >= 0.6 is 0 Å². The van der Waals surface area contributed by atoms with Crippen LogP contribution in [0.5, 0.6) is 0 Å². The van der Waals surface area contributed by atoms with Crippen LogP contribution in [0, 0.1) is 5.92 Å². The molecule has 6 nitrogen and oxygen atoms in total. The fourth-order valence-corrected chi connectivity index (χ4v) is 2.36. The summed E-state index contributed by atoms with van der Waals surface area (Å²) in [6, 6.07) is 5.39. The van der Waals surface area contributed by atoms with Crippen LogP contribution in [0.1, 0.15) is 16.9 Å². The molecule has 1 aliphatic rings. The third-order valence-electron chi connectivity index (χ3n) is 3.45. The van der Waals surface area contributed by atoms with Gasteiger partial charge in [-0.1, -0.05) is 0 Å². The Morgan fingerprint density at radius 2 is 2.21 bits per heavy atom. The summed E-state index contributed by atoms with van der Waals surface area (Å²) in [6.07, 6.45) is 2.27. The first-order valence-electron chi connectivity index (χ1n) is 6.11. The van der Waals surface area contributed by atoms with E-state index in [0.29, 0.717) is 24.3 Å². The van der Waals surface area contributed by atoms with Crippen LogP contribution < -0.4 is 0 Å². The maximum Gasteiger partial charge on any atom is 0.308 e. The first kappa shape index (κ1) is 11.7. The topological polar surface area (TPSA) is 86.3 Å². The Bertz CT molecular complexity index is 649. The second-order valence-electron chi connectivity index (χ2n) is 4.69. The van der Waals surface area contributed by atoms with Crippen molar-refractivity contribution >= 4 is 22.9 Å². The third-order valence-corrected chi connectivity index (χ3v) is 3.45. The fraction of sp³-hybridized carbons (Fsp3) is 0.308. The largest absolute Gasteiger partial charge is 0.481 e. The number of hydrogen-bond acceptors (Lipinski definition) is 3. The summed E-state index contributed by atoms with van der Waals surface area (Å²) in [5.41, 5.74) is 1.01. The second-order valence-corrected chi connectivity index (χ2v) is 4.69. The number of carbonyl (C=O) groups excluding carboxylic acids is 1. The van der Waals surface area contributed by atoms with Crippen molar-refractivity contribution in [3.8, 4) is 0 Å². The van der Waals surface area contributed by atoms with Crippen molar-refractivity contribution in [1.82, 2.24) is 14.9 Å². The first-order chi connectivity index (χ1) is 9.15. The number of aromatic nitrogens is 2. The summed E-state index contributed by atoms with van der Waals surface area (Å²) in [6.45, 7) is 0.735. The second kappa shape index (κ2) is 4.38. The molecular weight excluding hydrogens is 246 g/mol. The van der Waals surface area contributed by atoms with Crippen LogP contribution in [0.4, 0.5) is 0 Å². The quantitative estimate of drug-likeness (QED) is 0.845. The molecule has 1 unspecified atom stereocenters. The number of carboxylic acids is 1. The number of aromatic amines is 1. The van der Waals surface area contributed by atoms with Gasteiger partial charge in [0.25, 0.3) is 5.91 Å². The molecule has 0 spiro atoms. The average Bonchev–Trinajstić information content (AvgIpc) is 3.06. The molecule has 0 aromatic carbocycles. The molecule has 1 fully saturated rings. The van der Waals surface area contributed by atoms with Crippen LogP contribution in [-0.2, 0) is 4.79 Å². The highest BCUT2D eigenvalue weighted by atomic mass is 16.4. The summed E-state index contributed by atoms with van der Waals surface area (Å²) in [4.78, 5) is 31.9. The third kappa shape index (κ3) is 2.05. The normalized spacial score (nSPS) is 18.9. The van der Waals surface area contributed by atoms with Gasteiger partial charge >= 0.3 is 5.97 Å². The van der Waals surface area contributed by atoms with Gasteiger partial charge in [-0.3, -0.25) is 9.59 Å². The predicted molar refractivity (Wildman–Crippen MR) is 67.7 cm³/mol. The maximum atomic E-state index is 12.2. The lowest BCUT2D eigenvalue weighted by atomic mass is 10.1. The van der Waals surface area contributed by atoms with Crippen molar-refractivity contribution in [3.05, 3.63) is 30.1 Å². The van der Waals surface area contributed by atoms with Gasteiger partial charge < -0.3 is 15.0 Å². The number of likely N-dealkylation sites (tertiary alicyclic amines) is 1. The minimum atomic E-state index is -0.844. The molecule has 2 aromatic rings. The van der Waals surface area contributed by atoms with E-state index in [1.54, 1.807) is 17.2 Å². The van der Waals surface area contributed by atoms with E-state index in [0.717, 1.165) is 5.39 Å². The number of nitrogens with one attached hydrogen (secondary N) is 1. The fourth-order valence-electron chi connectivity index (χ4n) is 2.36. The van der Waals surface area contributed by atoms with Gasteiger partial charge in [0.15, 0.2) is 0 Å². The molecule has 98 valence electrons. The van der Waals surface area contributed by atoms with E-state index in [1.165, 1.54) is 0 Å². The van der Waals surface area contributed by atoms with Crippen LogP contribution in [0.25, 0.3) is 11.0 Å². The minimum absolute atomic E-state index is 0.208. The van der Waals surface area contributed by atoms with Crippen molar-refractivity contribution in [2.45, 2.75) is 6.42 Å². The maximum absolute atomic E-state index is 12.2. The summed E-state index contributed by atoms with van der Waals surface area (Å²) in [5.74, 6) is -1.51. The Morgan fingerprint density at radius 1 is 1.37 bits per heavy atom. The summed E-state index contributed by atoms with van der Waals surface area (Å²) in [7, 11) is 0. The van der Waals surface area contributed by atoms with Gasteiger partial charge in [-0.2, -0.15) is 0 Å². The lowest BCUT2D eigenvalue weighted by Crippen LogP contribution is -2.30. The van der Waals surface area contributed by atoms with E-state index in [9.17, 15) is 9.59 Å². The first-order valence-corrected chi connectivity index (χ1v) is 6.11. The molecule has 2 aromatic heterocycles. The lowest BCUT2D eigenvalue weighted by Gasteiger charge is -2.15. The number of carbonyl (C=O) groups is 2. The molecule has 1 atom stereocenters. The van der Waals surface area contributed by atoms with Gasteiger partial charge in [0.05, 0.1) is 5.92 Å². The number of carboxylic acid groups (broad SMARTS) is 1. The van der Waals surface area contributed by atoms with E-state index in [4.69, 9.17) is 5.11 Å². The van der Waals surface area contributed by atoms with Gasteiger partial charge in [-0.25, -0.2) is 4.98 Å². The molecule has 3 rings (SSSR count). The minimum Gasteiger partial charge on any atom is -0.481 e. The number of pyridine rings is 1. The number of aliphatic carboxylic acids is 1. The van der Waals surface area contributed by atoms with E-state index in [2.05, 4.69) is 9.97 Å². The molecule has 6 heteroatoms. The smallest absolute Gasteiger partial charge is 0.308 e. The lowest BCUT2D eigenvalue weighted by molar-refractivity contribution is -0.141. The van der Waals surface area contributed by atoms with Gasteiger partial charge in [0, 0.05) is 24.7 Å². The highest BCUT2D eigenvalue weighted by Crippen LogP contribution is 2.19. The molecular formula is C13H13N3O3. The molecule has 0 bridgehead atoms. The highest BCUT2D eigenvalue weighted by Gasteiger charge is 2.31. The summed E-state index contributed by atoms with van der Waals surface area (Å²) in [5, 5.41) is 9.88. The number of rotatable bonds is 2.